The number of carbonyl (C=O) groups is 1. The van der Waals surface area contributed by atoms with Gasteiger partial charge in [0.2, 0.25) is 5.91 Å². The van der Waals surface area contributed by atoms with Crippen LogP contribution in [0.3, 0.4) is 0 Å². The molecule has 0 fully saturated rings. The highest BCUT2D eigenvalue weighted by Gasteiger charge is 2.29. The van der Waals surface area contributed by atoms with Crippen LogP contribution in [0.5, 0.6) is 5.75 Å². The molecule has 0 radical (unpaired) electrons. The molecule has 1 N–H and O–H groups in total. The second-order valence-corrected chi connectivity index (χ2v) is 6.27. The summed E-state index contributed by atoms with van der Waals surface area (Å²) in [5, 5.41) is 7.29. The number of carbonyl (C=O) groups excluding carboxylic acids is 1. The summed E-state index contributed by atoms with van der Waals surface area (Å²) in [5.41, 5.74) is 3.03. The fraction of sp³-hybridized carbons (Fsp3) is 0.250. The van der Waals surface area contributed by atoms with Crippen LogP contribution in [-0.4, -0.2) is 20.7 Å². The molecule has 3 heterocycles. The first-order chi connectivity index (χ1) is 12.7. The summed E-state index contributed by atoms with van der Waals surface area (Å²) in [6.45, 7) is 3.23. The lowest BCUT2D eigenvalue weighted by molar-refractivity contribution is -0.116. The average Bonchev–Trinajstić information content (AvgIpc) is 3.10. The van der Waals surface area contributed by atoms with Crippen molar-refractivity contribution in [3.05, 3.63) is 71.7 Å². The molecule has 6 heteroatoms. The minimum atomic E-state index is -0.000619. The predicted molar refractivity (Wildman–Crippen MR) is 98.0 cm³/mol. The molecule has 132 valence electrons. The zero-order valence-electron chi connectivity index (χ0n) is 14.6. The van der Waals surface area contributed by atoms with Gasteiger partial charge in [-0.2, -0.15) is 5.10 Å². The van der Waals surface area contributed by atoms with E-state index >= 15 is 0 Å². The molecule has 1 unspecified atom stereocenters. The third-order valence-electron chi connectivity index (χ3n) is 4.53. The number of hydrogen-bond acceptors (Lipinski definition) is 4. The minimum absolute atomic E-state index is 0.000619. The number of nitrogens with one attached hydrogen (secondary N) is 1. The van der Waals surface area contributed by atoms with Gasteiger partial charge in [0.1, 0.15) is 12.4 Å². The fourth-order valence-electron chi connectivity index (χ4n) is 3.16. The van der Waals surface area contributed by atoms with Gasteiger partial charge in [-0.3, -0.25) is 14.5 Å². The van der Waals surface area contributed by atoms with Crippen LogP contribution >= 0.6 is 0 Å². The summed E-state index contributed by atoms with van der Waals surface area (Å²) >= 11 is 0. The molecular weight excluding hydrogens is 328 g/mol. The van der Waals surface area contributed by atoms with Crippen LogP contribution in [-0.2, 0) is 17.9 Å². The van der Waals surface area contributed by atoms with Gasteiger partial charge >= 0.3 is 0 Å². The highest BCUT2D eigenvalue weighted by molar-refractivity contribution is 5.94. The topological polar surface area (TPSA) is 69.0 Å². The smallest absolute Gasteiger partial charge is 0.226 e. The highest BCUT2D eigenvalue weighted by atomic mass is 16.5. The summed E-state index contributed by atoms with van der Waals surface area (Å²) in [6, 6.07) is 13.7. The first-order valence-corrected chi connectivity index (χ1v) is 8.73. The number of anilines is 1. The lowest BCUT2D eigenvalue weighted by Gasteiger charge is -2.22. The summed E-state index contributed by atoms with van der Waals surface area (Å²) in [5.74, 6) is 1.47. The van der Waals surface area contributed by atoms with Crippen molar-refractivity contribution in [3.63, 3.8) is 0 Å². The van der Waals surface area contributed by atoms with E-state index in [4.69, 9.17) is 4.74 Å². The van der Waals surface area contributed by atoms with E-state index in [9.17, 15) is 4.79 Å². The van der Waals surface area contributed by atoms with Gasteiger partial charge in [0.15, 0.2) is 5.82 Å². The lowest BCUT2D eigenvalue weighted by Crippen LogP contribution is -2.22. The van der Waals surface area contributed by atoms with Gasteiger partial charge in [-0.05, 0) is 36.8 Å². The number of nitrogens with zero attached hydrogens (tertiary/aromatic N) is 3. The van der Waals surface area contributed by atoms with Crippen LogP contribution in [0, 0.1) is 0 Å². The van der Waals surface area contributed by atoms with E-state index in [-0.39, 0.29) is 11.8 Å². The normalized spacial score (nSPS) is 16.0. The molecule has 1 aliphatic heterocycles. The van der Waals surface area contributed by atoms with Gasteiger partial charge in [0.05, 0.1) is 5.69 Å². The zero-order chi connectivity index (χ0) is 17.9. The summed E-state index contributed by atoms with van der Waals surface area (Å²) in [7, 11) is 0. The largest absolute Gasteiger partial charge is 0.487 e. The molecule has 0 saturated carbocycles. The Bertz CT molecular complexity index is 903. The molecule has 0 spiro atoms. The number of benzene rings is 1. The third kappa shape index (κ3) is 3.31. The Balaban J connectivity index is 1.52. The van der Waals surface area contributed by atoms with E-state index in [1.807, 2.05) is 60.3 Å². The molecule has 1 aromatic carbocycles. The van der Waals surface area contributed by atoms with Crippen LogP contribution < -0.4 is 10.1 Å². The Morgan fingerprint density at radius 3 is 2.81 bits per heavy atom. The Labute approximate surface area is 151 Å². The van der Waals surface area contributed by atoms with Gasteiger partial charge in [0, 0.05) is 36.8 Å². The summed E-state index contributed by atoms with van der Waals surface area (Å²) in [4.78, 5) is 16.3. The molecule has 4 rings (SSSR count). The maximum atomic E-state index is 12.0. The van der Waals surface area contributed by atoms with E-state index < -0.39 is 0 Å². The fourth-order valence-corrected chi connectivity index (χ4v) is 3.16. The van der Waals surface area contributed by atoms with E-state index in [0.29, 0.717) is 18.8 Å². The van der Waals surface area contributed by atoms with Gasteiger partial charge in [-0.25, -0.2) is 0 Å². The van der Waals surface area contributed by atoms with E-state index in [1.54, 1.807) is 6.20 Å². The molecular formula is C20H20N4O2. The molecule has 0 saturated heterocycles. The molecule has 0 bridgehead atoms. The van der Waals surface area contributed by atoms with Crippen LogP contribution in [0.2, 0.25) is 0 Å². The zero-order valence-corrected chi connectivity index (χ0v) is 14.6. The second kappa shape index (κ2) is 7.00. The number of pyridine rings is 1. The van der Waals surface area contributed by atoms with Gasteiger partial charge < -0.3 is 10.1 Å². The van der Waals surface area contributed by atoms with E-state index in [2.05, 4.69) is 15.4 Å². The van der Waals surface area contributed by atoms with Crippen molar-refractivity contribution < 1.29 is 9.53 Å². The first-order valence-electron chi connectivity index (χ1n) is 8.73. The average molecular weight is 348 g/mol. The van der Waals surface area contributed by atoms with Gasteiger partial charge in [-0.1, -0.05) is 18.2 Å². The highest BCUT2D eigenvalue weighted by Crippen LogP contribution is 2.36. The Kier molecular flexibility index (Phi) is 4.39. The quantitative estimate of drug-likeness (QED) is 0.768. The number of hydrogen-bond donors (Lipinski definition) is 1. The number of aromatic nitrogens is 3. The van der Waals surface area contributed by atoms with Crippen molar-refractivity contribution in [2.75, 3.05) is 5.32 Å². The first kappa shape index (κ1) is 16.3. The molecule has 2 aromatic heterocycles. The Morgan fingerprint density at radius 1 is 1.23 bits per heavy atom. The standard InChI is InChI=1S/C20H20N4O2/c1-2-24-12-18-17(11-19(25)22-20(18)23-24)14-6-8-16(9-7-14)26-13-15-5-3-4-10-21-15/h3-10,12,17H,2,11,13H2,1H3,(H,22,23,25). The van der Waals surface area contributed by atoms with Crippen LogP contribution in [0.25, 0.3) is 0 Å². The number of aryl methyl sites for hydroxylation is 1. The van der Waals surface area contributed by atoms with Crippen molar-refractivity contribution in [1.29, 1.82) is 0 Å². The van der Waals surface area contributed by atoms with Crippen LogP contribution in [0.4, 0.5) is 5.82 Å². The van der Waals surface area contributed by atoms with Crippen molar-refractivity contribution in [1.82, 2.24) is 14.8 Å². The number of ether oxygens (including phenoxy) is 1. The summed E-state index contributed by atoms with van der Waals surface area (Å²) < 4.78 is 7.64. The monoisotopic (exact) mass is 348 g/mol. The number of amides is 1. The van der Waals surface area contributed by atoms with E-state index in [0.717, 1.165) is 29.1 Å². The molecule has 0 aliphatic carbocycles. The Hall–Kier alpha value is -3.15. The van der Waals surface area contributed by atoms with Crippen molar-refractivity contribution in [3.8, 4) is 5.75 Å². The van der Waals surface area contributed by atoms with E-state index in [1.165, 1.54) is 0 Å². The molecule has 26 heavy (non-hydrogen) atoms. The number of rotatable bonds is 5. The Morgan fingerprint density at radius 2 is 2.08 bits per heavy atom. The maximum Gasteiger partial charge on any atom is 0.226 e. The summed E-state index contributed by atoms with van der Waals surface area (Å²) in [6.07, 6.45) is 4.20. The van der Waals surface area contributed by atoms with Gasteiger partial charge in [-0.15, -0.1) is 0 Å². The minimum Gasteiger partial charge on any atom is -0.487 e. The molecule has 1 atom stereocenters. The van der Waals surface area contributed by atoms with Crippen LogP contribution in [0.15, 0.2) is 54.9 Å². The maximum absolute atomic E-state index is 12.0. The second-order valence-electron chi connectivity index (χ2n) is 6.27. The van der Waals surface area contributed by atoms with Gasteiger partial charge in [0.25, 0.3) is 0 Å². The van der Waals surface area contributed by atoms with Crippen molar-refractivity contribution in [2.24, 2.45) is 0 Å². The molecule has 3 aromatic rings. The third-order valence-corrected chi connectivity index (χ3v) is 4.53. The predicted octanol–water partition coefficient (Wildman–Crippen LogP) is 3.35. The SMILES string of the molecule is CCn1cc2c(n1)NC(=O)CC2c1ccc(OCc2ccccn2)cc1. The number of fused-ring (bicyclic) bond motifs is 1. The lowest BCUT2D eigenvalue weighted by atomic mass is 9.87. The van der Waals surface area contributed by atoms with Crippen LogP contribution in [0.1, 0.15) is 36.1 Å². The van der Waals surface area contributed by atoms with Crippen molar-refractivity contribution >= 4 is 11.7 Å². The van der Waals surface area contributed by atoms with Crippen molar-refractivity contribution in [2.45, 2.75) is 32.4 Å². The molecule has 1 aliphatic rings. The molecule has 1 amide bonds. The molecule has 6 nitrogen and oxygen atoms in total.